The lowest BCUT2D eigenvalue weighted by Gasteiger charge is -2.57. The van der Waals surface area contributed by atoms with Crippen LogP contribution in [0.3, 0.4) is 0 Å². The summed E-state index contributed by atoms with van der Waals surface area (Å²) in [5.74, 6) is 1.27. The molecule has 8 nitrogen and oxygen atoms in total. The third-order valence-corrected chi connectivity index (χ3v) is 8.84. The summed E-state index contributed by atoms with van der Waals surface area (Å²) in [5.41, 5.74) is -0.232. The average Bonchev–Trinajstić information content (AvgIpc) is 2.81. The number of hydrogen-bond donors (Lipinski definition) is 1. The molecule has 0 heterocycles. The smallest absolute Gasteiger partial charge is 0.410 e. The monoisotopic (exact) mass is 570 g/mol. The highest BCUT2D eigenvalue weighted by Crippen LogP contribution is 2.61. The molecule has 0 unspecified atom stereocenters. The van der Waals surface area contributed by atoms with E-state index >= 15 is 0 Å². The predicted molar refractivity (Wildman–Crippen MR) is 158 cm³/mol. The molecule has 5 rings (SSSR count). The van der Waals surface area contributed by atoms with Crippen LogP contribution in [0.2, 0.25) is 0 Å². The summed E-state index contributed by atoms with van der Waals surface area (Å²) in [6.07, 6.45) is 7.97. The van der Waals surface area contributed by atoms with Crippen LogP contribution in [0.1, 0.15) is 92.1 Å². The van der Waals surface area contributed by atoms with Crippen molar-refractivity contribution in [1.29, 1.82) is 0 Å². The molecule has 1 aromatic carbocycles. The maximum Gasteiger partial charge on any atom is 0.410 e. The molecule has 4 aliphatic carbocycles. The van der Waals surface area contributed by atoms with Crippen molar-refractivity contribution in [2.75, 3.05) is 19.6 Å². The first-order valence-electron chi connectivity index (χ1n) is 15.3. The Morgan fingerprint density at radius 3 is 1.88 bits per heavy atom. The van der Waals surface area contributed by atoms with Crippen LogP contribution in [0.15, 0.2) is 30.3 Å². The minimum absolute atomic E-state index is 0.0240. The number of hydrogen-bond acceptors (Lipinski definition) is 5. The van der Waals surface area contributed by atoms with Crippen LogP contribution >= 0.6 is 0 Å². The Balaban J connectivity index is 1.63. The van der Waals surface area contributed by atoms with E-state index in [4.69, 9.17) is 9.47 Å². The van der Waals surface area contributed by atoms with E-state index in [-0.39, 0.29) is 12.0 Å². The average molecular weight is 571 g/mol. The number of amides is 2. The molecular weight excluding hydrogens is 520 g/mol. The van der Waals surface area contributed by atoms with Crippen molar-refractivity contribution < 1.29 is 29.0 Å². The molecule has 8 heteroatoms. The van der Waals surface area contributed by atoms with Gasteiger partial charge in [-0.1, -0.05) is 30.3 Å². The molecule has 1 N–H and O–H groups in total. The Morgan fingerprint density at radius 1 is 0.878 bits per heavy atom. The van der Waals surface area contributed by atoms with Gasteiger partial charge < -0.3 is 19.5 Å². The Kier molecular flexibility index (Phi) is 9.29. The number of aliphatic carboxylic acids is 1. The quantitative estimate of drug-likeness (QED) is 0.334. The SMILES string of the molecule is CC(C)(C)OC(=O)N(CC(=O)O)C[C@H](Cc1ccccc1)N(CCC12CC3CC(CC(C3)C1)C2)C(=O)OC(C)(C)C. The first kappa shape index (κ1) is 31.2. The zero-order valence-corrected chi connectivity index (χ0v) is 25.9. The zero-order chi connectivity index (χ0) is 30.0. The fourth-order valence-electron chi connectivity index (χ4n) is 7.80. The highest BCUT2D eigenvalue weighted by atomic mass is 16.6. The molecule has 41 heavy (non-hydrogen) atoms. The number of rotatable bonds is 10. The second kappa shape index (κ2) is 12.2. The summed E-state index contributed by atoms with van der Waals surface area (Å²) < 4.78 is 11.5. The largest absolute Gasteiger partial charge is 0.480 e. The van der Waals surface area contributed by atoms with Gasteiger partial charge in [0.15, 0.2) is 0 Å². The van der Waals surface area contributed by atoms with Gasteiger partial charge in [-0.15, -0.1) is 0 Å². The number of carboxylic acids is 1. The van der Waals surface area contributed by atoms with E-state index in [0.717, 1.165) is 29.7 Å². The Labute approximate surface area is 245 Å². The number of benzene rings is 1. The third kappa shape index (κ3) is 8.86. The van der Waals surface area contributed by atoms with E-state index in [9.17, 15) is 19.5 Å². The summed E-state index contributed by atoms with van der Waals surface area (Å²) >= 11 is 0. The maximum absolute atomic E-state index is 13.9. The predicted octanol–water partition coefficient (Wildman–Crippen LogP) is 6.76. The first-order chi connectivity index (χ1) is 19.1. The van der Waals surface area contributed by atoms with Crippen molar-refractivity contribution in [3.8, 4) is 0 Å². The fourth-order valence-corrected chi connectivity index (χ4v) is 7.80. The molecule has 4 fully saturated rings. The van der Waals surface area contributed by atoms with Gasteiger partial charge in [0.25, 0.3) is 0 Å². The van der Waals surface area contributed by atoms with Crippen molar-refractivity contribution in [2.24, 2.45) is 23.2 Å². The van der Waals surface area contributed by atoms with E-state index in [2.05, 4.69) is 0 Å². The molecular formula is C33H50N2O6. The number of carboxylic acid groups (broad SMARTS) is 1. The molecule has 2 amide bonds. The van der Waals surface area contributed by atoms with Crippen LogP contribution in [0.25, 0.3) is 0 Å². The minimum Gasteiger partial charge on any atom is -0.480 e. The lowest BCUT2D eigenvalue weighted by Crippen LogP contribution is -2.54. The Bertz CT molecular complexity index is 1040. The van der Waals surface area contributed by atoms with Gasteiger partial charge in [-0.2, -0.15) is 0 Å². The maximum atomic E-state index is 13.9. The van der Waals surface area contributed by atoms with Crippen LogP contribution in [-0.4, -0.2) is 69.9 Å². The van der Waals surface area contributed by atoms with Gasteiger partial charge in [0.2, 0.25) is 0 Å². The number of nitrogens with zero attached hydrogens (tertiary/aromatic N) is 2. The van der Waals surface area contributed by atoms with E-state index in [1.807, 2.05) is 51.1 Å². The summed E-state index contributed by atoms with van der Waals surface area (Å²) in [7, 11) is 0. The fraction of sp³-hybridized carbons (Fsp3) is 0.727. The van der Waals surface area contributed by atoms with Gasteiger partial charge >= 0.3 is 18.2 Å². The minimum atomic E-state index is -1.13. The van der Waals surface area contributed by atoms with Gasteiger partial charge in [0, 0.05) is 13.1 Å². The molecule has 228 valence electrons. The van der Waals surface area contributed by atoms with Crippen LogP contribution in [-0.2, 0) is 20.7 Å². The van der Waals surface area contributed by atoms with Crippen molar-refractivity contribution in [3.05, 3.63) is 35.9 Å². The molecule has 4 saturated carbocycles. The topological polar surface area (TPSA) is 96.4 Å². The molecule has 1 atom stereocenters. The molecule has 0 radical (unpaired) electrons. The van der Waals surface area contributed by atoms with E-state index in [1.165, 1.54) is 43.4 Å². The highest BCUT2D eigenvalue weighted by Gasteiger charge is 2.51. The number of carbonyl (C=O) groups excluding carboxylic acids is 2. The van der Waals surface area contributed by atoms with Gasteiger partial charge in [0.05, 0.1) is 6.04 Å². The number of carbonyl (C=O) groups is 3. The van der Waals surface area contributed by atoms with E-state index in [0.29, 0.717) is 13.0 Å². The summed E-state index contributed by atoms with van der Waals surface area (Å²) in [6.45, 7) is 10.8. The molecule has 0 aromatic heterocycles. The van der Waals surface area contributed by atoms with E-state index < -0.39 is 41.9 Å². The van der Waals surface area contributed by atoms with Gasteiger partial charge in [-0.05, 0) is 122 Å². The van der Waals surface area contributed by atoms with Crippen LogP contribution in [0.5, 0.6) is 0 Å². The van der Waals surface area contributed by atoms with Crippen LogP contribution < -0.4 is 0 Å². The Hall–Kier alpha value is -2.77. The zero-order valence-electron chi connectivity index (χ0n) is 25.9. The molecule has 0 spiro atoms. The van der Waals surface area contributed by atoms with Crippen LogP contribution in [0.4, 0.5) is 9.59 Å². The third-order valence-electron chi connectivity index (χ3n) is 8.84. The van der Waals surface area contributed by atoms with Crippen molar-refractivity contribution >= 4 is 18.2 Å². The normalized spacial score (nSPS) is 25.9. The van der Waals surface area contributed by atoms with Crippen molar-refractivity contribution in [2.45, 2.75) is 110 Å². The van der Waals surface area contributed by atoms with Gasteiger partial charge in [-0.25, -0.2) is 9.59 Å². The summed E-state index contributed by atoms with van der Waals surface area (Å²) in [6, 6.07) is 9.33. The molecule has 1 aromatic rings. The summed E-state index contributed by atoms with van der Waals surface area (Å²) in [4.78, 5) is 41.9. The molecule has 4 aliphatic rings. The molecule has 0 saturated heterocycles. The first-order valence-corrected chi connectivity index (χ1v) is 15.3. The van der Waals surface area contributed by atoms with Gasteiger partial charge in [-0.3, -0.25) is 9.69 Å². The summed E-state index contributed by atoms with van der Waals surface area (Å²) in [5, 5.41) is 9.68. The standard InChI is InChI=1S/C33H50N2O6/c1-31(2,3)40-29(38)34(22-28(36)37)21-27(17-23-10-8-7-9-11-23)35(30(39)41-32(4,5)6)13-12-33-18-24-14-25(19-33)16-26(15-24)20-33/h7-11,24-27H,12-22H2,1-6H3,(H,36,37)/t24?,25?,26?,27-,33?/m0/s1. The van der Waals surface area contributed by atoms with Crippen LogP contribution in [0, 0.1) is 23.2 Å². The lowest BCUT2D eigenvalue weighted by molar-refractivity contribution is -0.138. The second-order valence-corrected chi connectivity index (χ2v) is 14.9. The number of ether oxygens (including phenoxy) is 2. The van der Waals surface area contributed by atoms with Crippen molar-refractivity contribution in [3.63, 3.8) is 0 Å². The van der Waals surface area contributed by atoms with Crippen molar-refractivity contribution in [1.82, 2.24) is 9.80 Å². The van der Waals surface area contributed by atoms with Gasteiger partial charge in [0.1, 0.15) is 17.7 Å². The van der Waals surface area contributed by atoms with E-state index in [1.54, 1.807) is 25.7 Å². The Morgan fingerprint density at radius 2 is 1.39 bits per heavy atom. The second-order valence-electron chi connectivity index (χ2n) is 14.9. The molecule has 0 aliphatic heterocycles. The molecule has 4 bridgehead atoms. The highest BCUT2D eigenvalue weighted by molar-refractivity contribution is 5.77. The lowest BCUT2D eigenvalue weighted by atomic mass is 9.49.